The third-order valence-electron chi connectivity index (χ3n) is 4.15. The van der Waals surface area contributed by atoms with Crippen LogP contribution in [0.25, 0.3) is 0 Å². The minimum absolute atomic E-state index is 0. The Kier molecular flexibility index (Phi) is 14.6. The molecule has 2 heteroatoms. The number of benzene rings is 1. The summed E-state index contributed by atoms with van der Waals surface area (Å²) in [5.74, 6) is 1.77. The highest BCUT2D eigenvalue weighted by Gasteiger charge is 2.26. The van der Waals surface area contributed by atoms with Crippen molar-refractivity contribution in [3.8, 4) is 5.75 Å². The lowest BCUT2D eigenvalue weighted by Crippen LogP contribution is -2.30. The Balaban J connectivity index is 0. The van der Waals surface area contributed by atoms with Crippen LogP contribution in [-0.2, 0) is 6.42 Å². The van der Waals surface area contributed by atoms with Crippen molar-refractivity contribution in [3.63, 3.8) is 0 Å². The van der Waals surface area contributed by atoms with Gasteiger partial charge in [0.15, 0.2) is 5.78 Å². The predicted molar refractivity (Wildman–Crippen MR) is 107 cm³/mol. The van der Waals surface area contributed by atoms with Crippen LogP contribution in [0.15, 0.2) is 18.2 Å². The molecule has 0 radical (unpaired) electrons. The van der Waals surface area contributed by atoms with Crippen molar-refractivity contribution in [2.45, 2.75) is 94.1 Å². The molecule has 0 aromatic heterocycles. The van der Waals surface area contributed by atoms with E-state index >= 15 is 0 Å². The van der Waals surface area contributed by atoms with Gasteiger partial charge >= 0.3 is 0 Å². The van der Waals surface area contributed by atoms with E-state index in [2.05, 4.69) is 13.8 Å². The van der Waals surface area contributed by atoms with Crippen LogP contribution in [0.5, 0.6) is 5.75 Å². The number of carbonyl (C=O) groups excluding carboxylic acids is 1. The molecular formula is C22H40O2. The molecule has 0 bridgehead atoms. The van der Waals surface area contributed by atoms with Crippen LogP contribution in [0.3, 0.4) is 0 Å². The first kappa shape index (κ1) is 24.9. The maximum absolute atomic E-state index is 11.4. The van der Waals surface area contributed by atoms with Gasteiger partial charge in [0, 0.05) is 5.56 Å². The number of fused-ring (bicyclic) bond motifs is 1. The first-order valence-electron chi connectivity index (χ1n) is 9.46. The molecular weight excluding hydrogens is 296 g/mol. The summed E-state index contributed by atoms with van der Waals surface area (Å²) in [6.07, 6.45) is 6.09. The molecule has 2 atom stereocenters. The van der Waals surface area contributed by atoms with Crippen molar-refractivity contribution < 1.29 is 9.53 Å². The highest BCUT2D eigenvalue weighted by atomic mass is 16.5. The summed E-state index contributed by atoms with van der Waals surface area (Å²) in [6.45, 7) is 14.1. The van der Waals surface area contributed by atoms with Crippen LogP contribution in [0.4, 0.5) is 0 Å². The van der Waals surface area contributed by atoms with Crippen molar-refractivity contribution in [1.82, 2.24) is 0 Å². The fraction of sp³-hybridized carbons (Fsp3) is 0.682. The van der Waals surface area contributed by atoms with Gasteiger partial charge in [-0.15, -0.1) is 0 Å². The predicted octanol–water partition coefficient (Wildman–Crippen LogP) is 7.10. The van der Waals surface area contributed by atoms with Gasteiger partial charge in [0.2, 0.25) is 0 Å². The van der Waals surface area contributed by atoms with E-state index in [1.54, 1.807) is 6.92 Å². The number of ether oxygens (including phenoxy) is 1. The summed E-state index contributed by atoms with van der Waals surface area (Å²) in [5.41, 5.74) is 1.98. The van der Waals surface area contributed by atoms with Gasteiger partial charge in [0.05, 0.1) is 0 Å². The second-order valence-corrected chi connectivity index (χ2v) is 5.53. The van der Waals surface area contributed by atoms with Gasteiger partial charge in [-0.25, -0.2) is 0 Å². The maximum Gasteiger partial charge on any atom is 0.159 e. The summed E-state index contributed by atoms with van der Waals surface area (Å²) in [4.78, 5) is 11.4. The largest absolute Gasteiger partial charge is 0.490 e. The first-order chi connectivity index (χ1) is 11.2. The molecule has 0 amide bonds. The zero-order valence-corrected chi connectivity index (χ0v) is 16.2. The lowest BCUT2D eigenvalue weighted by molar-refractivity contribution is 0.100. The zero-order valence-electron chi connectivity index (χ0n) is 16.2. The van der Waals surface area contributed by atoms with Gasteiger partial charge in [-0.05, 0) is 62.3 Å². The molecule has 0 aliphatic carbocycles. The quantitative estimate of drug-likeness (QED) is 0.536. The molecule has 140 valence electrons. The summed E-state index contributed by atoms with van der Waals surface area (Å²) in [7, 11) is 0. The standard InChI is InChI=1S/C17H24O2.2C2H6.CH4/c1-4-6-13(5-2)16-10-8-15-11-14(12(3)18)7-9-17(15)19-16;2*1-2;/h7,9,11,13,16H,4-6,8,10H2,1-3H3;2*1-2H3;1H4. The molecule has 2 nitrogen and oxygen atoms in total. The number of hydrogen-bond donors (Lipinski definition) is 0. The molecule has 24 heavy (non-hydrogen) atoms. The van der Waals surface area contributed by atoms with Gasteiger partial charge in [0.25, 0.3) is 0 Å². The molecule has 0 fully saturated rings. The number of aryl methyl sites for hydroxylation is 1. The topological polar surface area (TPSA) is 26.3 Å². The fourth-order valence-electron chi connectivity index (χ4n) is 2.98. The molecule has 2 rings (SSSR count). The van der Waals surface area contributed by atoms with Crippen molar-refractivity contribution in [2.24, 2.45) is 5.92 Å². The van der Waals surface area contributed by atoms with Crippen LogP contribution in [0.1, 0.15) is 97.5 Å². The van der Waals surface area contributed by atoms with Crippen molar-refractivity contribution >= 4 is 5.78 Å². The van der Waals surface area contributed by atoms with Crippen LogP contribution in [0, 0.1) is 5.92 Å². The minimum Gasteiger partial charge on any atom is -0.490 e. The van der Waals surface area contributed by atoms with Crippen LogP contribution < -0.4 is 4.74 Å². The molecule has 1 aromatic rings. The SMILES string of the molecule is C.CC.CC.CCCC(CC)C1CCc2cc(C(C)=O)ccc2O1. The number of hydrogen-bond acceptors (Lipinski definition) is 2. The molecule has 1 aromatic carbocycles. The van der Waals surface area contributed by atoms with Crippen molar-refractivity contribution in [2.75, 3.05) is 0 Å². The third-order valence-corrected chi connectivity index (χ3v) is 4.15. The van der Waals surface area contributed by atoms with E-state index in [1.807, 2.05) is 45.9 Å². The summed E-state index contributed by atoms with van der Waals surface area (Å²) in [5, 5.41) is 0. The fourth-order valence-corrected chi connectivity index (χ4v) is 2.98. The Morgan fingerprint density at radius 2 is 1.83 bits per heavy atom. The summed E-state index contributed by atoms with van der Waals surface area (Å²) >= 11 is 0. The molecule has 1 aliphatic rings. The highest BCUT2D eigenvalue weighted by Crippen LogP contribution is 2.33. The van der Waals surface area contributed by atoms with Crippen LogP contribution >= 0.6 is 0 Å². The Bertz CT molecular complexity index is 451. The Hall–Kier alpha value is -1.31. The number of rotatable bonds is 5. The average molecular weight is 337 g/mol. The van der Waals surface area contributed by atoms with Gasteiger partial charge in [-0.1, -0.05) is 55.4 Å². The number of carbonyl (C=O) groups is 1. The number of Topliss-reactive ketones (excluding diaryl/α,β-unsaturated/α-hetero) is 1. The molecule has 0 N–H and O–H groups in total. The van der Waals surface area contributed by atoms with Gasteiger partial charge in [-0.3, -0.25) is 4.79 Å². The average Bonchev–Trinajstić information content (AvgIpc) is 2.62. The monoisotopic (exact) mass is 336 g/mol. The molecule has 0 saturated carbocycles. The van der Waals surface area contributed by atoms with E-state index in [9.17, 15) is 4.79 Å². The van der Waals surface area contributed by atoms with Crippen molar-refractivity contribution in [1.29, 1.82) is 0 Å². The lowest BCUT2D eigenvalue weighted by atomic mass is 9.88. The van der Waals surface area contributed by atoms with E-state index in [-0.39, 0.29) is 13.2 Å². The highest BCUT2D eigenvalue weighted by molar-refractivity contribution is 5.94. The van der Waals surface area contributed by atoms with E-state index in [0.29, 0.717) is 12.0 Å². The van der Waals surface area contributed by atoms with E-state index < -0.39 is 0 Å². The van der Waals surface area contributed by atoms with Crippen LogP contribution in [0.2, 0.25) is 0 Å². The molecule has 0 spiro atoms. The second kappa shape index (κ2) is 14.1. The molecule has 2 unspecified atom stereocenters. The summed E-state index contributed by atoms with van der Waals surface area (Å²) < 4.78 is 6.16. The molecule has 1 heterocycles. The lowest BCUT2D eigenvalue weighted by Gasteiger charge is -2.32. The van der Waals surface area contributed by atoms with Gasteiger partial charge in [0.1, 0.15) is 11.9 Å². The van der Waals surface area contributed by atoms with Gasteiger partial charge in [-0.2, -0.15) is 0 Å². The minimum atomic E-state index is 0. The Morgan fingerprint density at radius 1 is 1.21 bits per heavy atom. The van der Waals surface area contributed by atoms with E-state index in [0.717, 1.165) is 24.2 Å². The molecule has 1 aliphatic heterocycles. The van der Waals surface area contributed by atoms with E-state index in [4.69, 9.17) is 4.74 Å². The second-order valence-electron chi connectivity index (χ2n) is 5.53. The van der Waals surface area contributed by atoms with E-state index in [1.165, 1.54) is 24.8 Å². The zero-order chi connectivity index (χ0) is 17.8. The number of ketones is 1. The smallest absolute Gasteiger partial charge is 0.159 e. The van der Waals surface area contributed by atoms with Crippen molar-refractivity contribution in [3.05, 3.63) is 29.3 Å². The third kappa shape index (κ3) is 7.07. The normalized spacial score (nSPS) is 15.9. The molecule has 0 saturated heterocycles. The Labute approximate surface area is 151 Å². The first-order valence-corrected chi connectivity index (χ1v) is 9.46. The summed E-state index contributed by atoms with van der Waals surface area (Å²) in [6, 6.07) is 5.84. The van der Waals surface area contributed by atoms with Gasteiger partial charge < -0.3 is 4.74 Å². The maximum atomic E-state index is 11.4. The van der Waals surface area contributed by atoms with Crippen LogP contribution in [-0.4, -0.2) is 11.9 Å². The Morgan fingerprint density at radius 3 is 2.33 bits per heavy atom.